The predicted octanol–water partition coefficient (Wildman–Crippen LogP) is 2.70. The third-order valence-corrected chi connectivity index (χ3v) is 2.80. The largest absolute Gasteiger partial charge is 0.462 e. The van der Waals surface area contributed by atoms with Gasteiger partial charge in [-0.2, -0.15) is 0 Å². The fourth-order valence-corrected chi connectivity index (χ4v) is 1.88. The minimum atomic E-state index is -0.583. The molecule has 0 bridgehead atoms. The van der Waals surface area contributed by atoms with Crippen molar-refractivity contribution in [3.05, 3.63) is 41.6 Å². The van der Waals surface area contributed by atoms with Gasteiger partial charge in [-0.05, 0) is 26.0 Å². The number of fused-ring (bicyclic) bond motifs is 1. The van der Waals surface area contributed by atoms with E-state index in [4.69, 9.17) is 4.74 Å². The number of hydrogen-bond donors (Lipinski definition) is 1. The number of rotatable bonds is 4. The summed E-state index contributed by atoms with van der Waals surface area (Å²) >= 11 is 0. The van der Waals surface area contributed by atoms with E-state index in [9.17, 15) is 9.59 Å². The topological polar surface area (TPSA) is 59.2 Å². The number of hydrogen-bond acceptors (Lipinski definition) is 3. The number of ether oxygens (including phenoxy) is 1. The molecule has 0 atom stereocenters. The molecular formula is C15H15NO3. The molecule has 1 aromatic heterocycles. The molecule has 0 fully saturated rings. The summed E-state index contributed by atoms with van der Waals surface area (Å²) in [6.45, 7) is 3.32. The van der Waals surface area contributed by atoms with Gasteiger partial charge in [0.15, 0.2) is 5.78 Å². The van der Waals surface area contributed by atoms with Gasteiger partial charge in [0.05, 0.1) is 6.61 Å². The van der Waals surface area contributed by atoms with Crippen LogP contribution in [0.2, 0.25) is 0 Å². The minimum absolute atomic E-state index is 0.0617. The summed E-state index contributed by atoms with van der Waals surface area (Å²) in [7, 11) is 0. The first-order valence-electron chi connectivity index (χ1n) is 6.09. The number of nitrogens with one attached hydrogen (secondary N) is 1. The first-order valence-corrected chi connectivity index (χ1v) is 6.09. The van der Waals surface area contributed by atoms with E-state index in [0.29, 0.717) is 0 Å². The molecule has 19 heavy (non-hydrogen) atoms. The molecule has 0 radical (unpaired) electrons. The van der Waals surface area contributed by atoms with E-state index >= 15 is 0 Å². The molecule has 0 saturated carbocycles. The van der Waals surface area contributed by atoms with Gasteiger partial charge in [-0.3, -0.25) is 4.79 Å². The average molecular weight is 257 g/mol. The number of para-hydroxylation sites is 1. The van der Waals surface area contributed by atoms with Crippen molar-refractivity contribution in [3.63, 3.8) is 0 Å². The highest BCUT2D eigenvalue weighted by Gasteiger charge is 2.16. The lowest BCUT2D eigenvalue weighted by atomic mass is 10.1. The van der Waals surface area contributed by atoms with Crippen LogP contribution in [0.3, 0.4) is 0 Å². The van der Waals surface area contributed by atoms with Crippen LogP contribution in [0.5, 0.6) is 0 Å². The monoisotopic (exact) mass is 257 g/mol. The number of ketones is 1. The smallest absolute Gasteiger partial charge is 0.341 e. The summed E-state index contributed by atoms with van der Waals surface area (Å²) in [6.07, 6.45) is 3.34. The summed E-state index contributed by atoms with van der Waals surface area (Å²) < 4.78 is 4.89. The van der Waals surface area contributed by atoms with Gasteiger partial charge >= 0.3 is 5.97 Å². The first kappa shape index (κ1) is 13.1. The van der Waals surface area contributed by atoms with Crippen molar-refractivity contribution >= 4 is 28.7 Å². The molecule has 1 heterocycles. The third-order valence-electron chi connectivity index (χ3n) is 2.80. The Bertz CT molecular complexity index is 652. The first-order chi connectivity index (χ1) is 9.13. The normalized spacial score (nSPS) is 11.6. The minimum Gasteiger partial charge on any atom is -0.462 e. The molecule has 0 spiro atoms. The molecule has 2 rings (SSSR count). The molecule has 2 aromatic rings. The highest BCUT2D eigenvalue weighted by Crippen LogP contribution is 2.20. The van der Waals surface area contributed by atoms with Gasteiger partial charge in [0, 0.05) is 22.7 Å². The van der Waals surface area contributed by atoms with E-state index in [0.717, 1.165) is 16.5 Å². The van der Waals surface area contributed by atoms with Gasteiger partial charge in [-0.15, -0.1) is 0 Å². The lowest BCUT2D eigenvalue weighted by Gasteiger charge is -2.03. The molecule has 0 aliphatic carbocycles. The molecule has 0 aliphatic rings. The Morgan fingerprint density at radius 1 is 1.32 bits per heavy atom. The van der Waals surface area contributed by atoms with Gasteiger partial charge in [-0.25, -0.2) is 4.79 Å². The van der Waals surface area contributed by atoms with Gasteiger partial charge < -0.3 is 9.72 Å². The summed E-state index contributed by atoms with van der Waals surface area (Å²) in [5, 5.41) is 0.963. The highest BCUT2D eigenvalue weighted by atomic mass is 16.5. The van der Waals surface area contributed by atoms with Crippen molar-refractivity contribution < 1.29 is 14.3 Å². The maximum Gasteiger partial charge on any atom is 0.341 e. The van der Waals surface area contributed by atoms with Crippen LogP contribution in [-0.4, -0.2) is 23.3 Å². The molecule has 98 valence electrons. The Labute approximate surface area is 111 Å². The van der Waals surface area contributed by atoms with Crippen molar-refractivity contribution in [2.45, 2.75) is 13.8 Å². The summed E-state index contributed by atoms with van der Waals surface area (Å²) in [5.74, 6) is -0.885. The summed E-state index contributed by atoms with van der Waals surface area (Å²) in [5.41, 5.74) is 1.82. The third kappa shape index (κ3) is 2.73. The quantitative estimate of drug-likeness (QED) is 0.396. The van der Waals surface area contributed by atoms with Crippen LogP contribution in [0.15, 0.2) is 36.0 Å². The maximum absolute atomic E-state index is 11.7. The van der Waals surface area contributed by atoms with Crippen molar-refractivity contribution in [1.29, 1.82) is 0 Å². The van der Waals surface area contributed by atoms with Crippen LogP contribution < -0.4 is 0 Å². The van der Waals surface area contributed by atoms with Crippen LogP contribution in [0.4, 0.5) is 0 Å². The number of H-pyrrole nitrogens is 1. The maximum atomic E-state index is 11.7. The Balaban J connectivity index is 2.46. The van der Waals surface area contributed by atoms with Crippen molar-refractivity contribution in [1.82, 2.24) is 4.98 Å². The van der Waals surface area contributed by atoms with E-state index in [2.05, 4.69) is 4.98 Å². The lowest BCUT2D eigenvalue weighted by Crippen LogP contribution is -2.13. The number of esters is 1. The van der Waals surface area contributed by atoms with Crippen LogP contribution >= 0.6 is 0 Å². The van der Waals surface area contributed by atoms with Gasteiger partial charge in [0.2, 0.25) is 0 Å². The van der Waals surface area contributed by atoms with E-state index in [1.165, 1.54) is 6.92 Å². The van der Waals surface area contributed by atoms with Crippen molar-refractivity contribution in [2.75, 3.05) is 6.61 Å². The van der Waals surface area contributed by atoms with Crippen molar-refractivity contribution in [3.8, 4) is 0 Å². The molecule has 4 heteroatoms. The zero-order valence-corrected chi connectivity index (χ0v) is 10.9. The summed E-state index contributed by atoms with van der Waals surface area (Å²) in [4.78, 5) is 26.4. The van der Waals surface area contributed by atoms with Crippen LogP contribution in [0.1, 0.15) is 19.4 Å². The molecule has 0 saturated heterocycles. The van der Waals surface area contributed by atoms with Crippen LogP contribution in [0, 0.1) is 0 Å². The van der Waals surface area contributed by atoms with Crippen LogP contribution in [-0.2, 0) is 14.3 Å². The number of carbonyl (C=O) groups excluding carboxylic acids is 2. The average Bonchev–Trinajstić information content (AvgIpc) is 2.79. The summed E-state index contributed by atoms with van der Waals surface area (Å²) in [6, 6.07) is 7.69. The Morgan fingerprint density at radius 2 is 2.05 bits per heavy atom. The standard InChI is InChI=1S/C15H15NO3/c1-3-19-15(18)13(10(2)17)8-11-9-16-14-7-5-4-6-12(11)14/h4-9,16H,3H2,1-2H3/b13-8-. The number of aromatic nitrogens is 1. The second-order valence-electron chi connectivity index (χ2n) is 4.12. The molecule has 0 amide bonds. The van der Waals surface area contributed by atoms with Crippen molar-refractivity contribution in [2.24, 2.45) is 0 Å². The Kier molecular flexibility index (Phi) is 3.80. The number of Topliss-reactive ketones (excluding diaryl/α,β-unsaturated/α-hetero) is 1. The Hall–Kier alpha value is -2.36. The van der Waals surface area contributed by atoms with Gasteiger partial charge in [0.25, 0.3) is 0 Å². The molecule has 1 aromatic carbocycles. The second-order valence-corrected chi connectivity index (χ2v) is 4.12. The Morgan fingerprint density at radius 3 is 2.74 bits per heavy atom. The molecule has 0 unspecified atom stereocenters. The predicted molar refractivity (Wildman–Crippen MR) is 73.6 cm³/mol. The fourth-order valence-electron chi connectivity index (χ4n) is 1.88. The molecular weight excluding hydrogens is 242 g/mol. The SMILES string of the molecule is CCOC(=O)/C(=C\c1c[nH]c2ccccc12)C(C)=O. The molecule has 0 aliphatic heterocycles. The van der Waals surface area contributed by atoms with Gasteiger partial charge in [-0.1, -0.05) is 18.2 Å². The molecule has 4 nitrogen and oxygen atoms in total. The lowest BCUT2D eigenvalue weighted by molar-refractivity contribution is -0.139. The fraction of sp³-hybridized carbons (Fsp3) is 0.200. The zero-order valence-electron chi connectivity index (χ0n) is 10.9. The van der Waals surface area contributed by atoms with E-state index in [-0.39, 0.29) is 18.0 Å². The number of carbonyl (C=O) groups is 2. The van der Waals surface area contributed by atoms with Crippen LogP contribution in [0.25, 0.3) is 17.0 Å². The van der Waals surface area contributed by atoms with E-state index < -0.39 is 5.97 Å². The number of aromatic amines is 1. The van der Waals surface area contributed by atoms with E-state index in [1.54, 1.807) is 19.2 Å². The van der Waals surface area contributed by atoms with Gasteiger partial charge in [0.1, 0.15) is 5.57 Å². The second kappa shape index (κ2) is 5.52. The zero-order chi connectivity index (χ0) is 13.8. The highest BCUT2D eigenvalue weighted by molar-refractivity contribution is 6.20. The van der Waals surface area contributed by atoms with E-state index in [1.807, 2.05) is 24.3 Å². The number of benzene rings is 1. The molecule has 1 N–H and O–H groups in total.